The molecule has 0 amide bonds. The van der Waals surface area contributed by atoms with Crippen LogP contribution in [0.25, 0.3) is 54.6 Å². The summed E-state index contributed by atoms with van der Waals surface area (Å²) < 4.78 is 2.36. The first-order valence-electron chi connectivity index (χ1n) is 11.5. The van der Waals surface area contributed by atoms with Crippen LogP contribution in [0.2, 0.25) is 0 Å². The molecule has 0 unspecified atom stereocenters. The molecular formula is C30H26N2O. The van der Waals surface area contributed by atoms with Crippen molar-refractivity contribution in [3.8, 4) is 11.3 Å². The van der Waals surface area contributed by atoms with Gasteiger partial charge < -0.3 is 9.67 Å². The van der Waals surface area contributed by atoms with Crippen LogP contribution in [-0.2, 0) is 12.1 Å². The Bertz CT molecular complexity index is 1630. The van der Waals surface area contributed by atoms with Gasteiger partial charge in [0.05, 0.1) is 16.9 Å². The molecule has 4 aromatic carbocycles. The summed E-state index contributed by atoms with van der Waals surface area (Å²) in [6.07, 6.45) is 0. The number of aryl methyl sites for hydroxylation is 1. The molecular weight excluding hydrogens is 404 g/mol. The number of hydrogen-bond donors (Lipinski definition) is 1. The van der Waals surface area contributed by atoms with Crippen molar-refractivity contribution in [3.05, 3.63) is 90.6 Å². The molecule has 0 aliphatic carbocycles. The summed E-state index contributed by atoms with van der Waals surface area (Å²) in [6.45, 7) is 6.64. The van der Waals surface area contributed by atoms with Gasteiger partial charge in [-0.2, -0.15) is 0 Å². The predicted molar refractivity (Wildman–Crippen MR) is 139 cm³/mol. The number of aromatic nitrogens is 2. The number of para-hydroxylation sites is 1. The first-order chi connectivity index (χ1) is 16.0. The average Bonchev–Trinajstić information content (AvgIpc) is 3.15. The summed E-state index contributed by atoms with van der Waals surface area (Å²) in [5, 5.41) is 18.1. The maximum Gasteiger partial charge on any atom is 0.101 e. The molecule has 33 heavy (non-hydrogen) atoms. The second-order valence-corrected chi connectivity index (χ2v) is 9.27. The van der Waals surface area contributed by atoms with E-state index >= 15 is 0 Å². The van der Waals surface area contributed by atoms with Crippen LogP contribution in [0.15, 0.2) is 84.9 Å². The van der Waals surface area contributed by atoms with Crippen molar-refractivity contribution in [1.29, 1.82) is 0 Å². The number of hydrogen-bond acceptors (Lipinski definition) is 2. The van der Waals surface area contributed by atoms with Gasteiger partial charge in [-0.25, -0.2) is 4.98 Å². The minimum atomic E-state index is -1.06. The number of fused-ring (bicyclic) bond motifs is 5. The average molecular weight is 431 g/mol. The molecule has 0 aliphatic rings. The van der Waals surface area contributed by atoms with E-state index in [1.54, 1.807) is 0 Å². The van der Waals surface area contributed by atoms with E-state index in [0.717, 1.165) is 28.7 Å². The second kappa shape index (κ2) is 7.16. The van der Waals surface area contributed by atoms with Crippen LogP contribution in [-0.4, -0.2) is 14.7 Å². The SMILES string of the molecule is CCn1c2ccccc2c2cc(C(C)(C)O)nc(-c3c4ccccc4cc4ccccc34)c21. The lowest BCUT2D eigenvalue weighted by Crippen LogP contribution is -2.18. The summed E-state index contributed by atoms with van der Waals surface area (Å²) in [6, 6.07) is 29.9. The van der Waals surface area contributed by atoms with Crippen LogP contribution < -0.4 is 0 Å². The molecule has 0 bridgehead atoms. The normalized spacial score (nSPS) is 12.4. The maximum atomic E-state index is 11.0. The van der Waals surface area contributed by atoms with Gasteiger partial charge in [-0.3, -0.25) is 0 Å². The Labute approximate surface area is 192 Å². The highest BCUT2D eigenvalue weighted by atomic mass is 16.3. The molecule has 2 heterocycles. The largest absolute Gasteiger partial charge is 0.384 e. The van der Waals surface area contributed by atoms with E-state index in [4.69, 9.17) is 4.98 Å². The van der Waals surface area contributed by atoms with Gasteiger partial charge in [0.25, 0.3) is 0 Å². The van der Waals surface area contributed by atoms with Crippen LogP contribution in [0.3, 0.4) is 0 Å². The summed E-state index contributed by atoms with van der Waals surface area (Å²) in [5.41, 5.74) is 3.98. The summed E-state index contributed by atoms with van der Waals surface area (Å²) >= 11 is 0. The molecule has 0 aliphatic heterocycles. The van der Waals surface area contributed by atoms with E-state index in [1.807, 2.05) is 13.8 Å². The van der Waals surface area contributed by atoms with Gasteiger partial charge in [0.2, 0.25) is 0 Å². The molecule has 1 N–H and O–H groups in total. The Morgan fingerprint density at radius 1 is 0.758 bits per heavy atom. The lowest BCUT2D eigenvalue weighted by molar-refractivity contribution is 0.0741. The van der Waals surface area contributed by atoms with E-state index < -0.39 is 5.60 Å². The Morgan fingerprint density at radius 3 is 1.94 bits per heavy atom. The van der Waals surface area contributed by atoms with Crippen LogP contribution in [0.5, 0.6) is 0 Å². The van der Waals surface area contributed by atoms with E-state index in [-0.39, 0.29) is 0 Å². The van der Waals surface area contributed by atoms with Gasteiger partial charge in [-0.05, 0) is 60.5 Å². The quantitative estimate of drug-likeness (QED) is 0.297. The Hall–Kier alpha value is -3.69. The predicted octanol–water partition coefficient (Wildman–Crippen LogP) is 7.41. The van der Waals surface area contributed by atoms with Crippen molar-refractivity contribution in [1.82, 2.24) is 9.55 Å². The molecule has 0 atom stereocenters. The molecule has 3 nitrogen and oxygen atoms in total. The van der Waals surface area contributed by atoms with E-state index in [0.29, 0.717) is 5.69 Å². The summed E-state index contributed by atoms with van der Waals surface area (Å²) in [7, 11) is 0. The van der Waals surface area contributed by atoms with E-state index in [1.165, 1.54) is 32.4 Å². The smallest absolute Gasteiger partial charge is 0.101 e. The summed E-state index contributed by atoms with van der Waals surface area (Å²) in [4.78, 5) is 5.18. The molecule has 0 spiro atoms. The standard InChI is InChI=1S/C30H26N2O/c1-4-32-25-16-10-9-15-23(25)24-18-26(30(2,3)33)31-28(29(24)32)27-21-13-7-5-11-19(21)17-20-12-6-8-14-22(20)27/h5-18,33H,4H2,1-3H3. The van der Waals surface area contributed by atoms with E-state index in [9.17, 15) is 5.11 Å². The Balaban J connectivity index is 1.91. The van der Waals surface area contributed by atoms with Crippen molar-refractivity contribution in [2.45, 2.75) is 32.9 Å². The van der Waals surface area contributed by atoms with Crippen LogP contribution in [0.1, 0.15) is 26.5 Å². The van der Waals surface area contributed by atoms with Crippen molar-refractivity contribution >= 4 is 43.4 Å². The van der Waals surface area contributed by atoms with Gasteiger partial charge in [0.1, 0.15) is 5.60 Å². The summed E-state index contributed by atoms with van der Waals surface area (Å²) in [5.74, 6) is 0. The third-order valence-corrected chi connectivity index (χ3v) is 6.70. The van der Waals surface area contributed by atoms with Gasteiger partial charge in [-0.1, -0.05) is 66.7 Å². The fourth-order valence-corrected chi connectivity index (χ4v) is 5.16. The third-order valence-electron chi connectivity index (χ3n) is 6.70. The van der Waals surface area contributed by atoms with Crippen molar-refractivity contribution < 1.29 is 5.11 Å². The molecule has 0 fully saturated rings. The molecule has 162 valence electrons. The maximum absolute atomic E-state index is 11.0. The first-order valence-corrected chi connectivity index (χ1v) is 11.5. The molecule has 0 saturated heterocycles. The first kappa shape index (κ1) is 20.0. The van der Waals surface area contributed by atoms with Crippen LogP contribution in [0.4, 0.5) is 0 Å². The monoisotopic (exact) mass is 430 g/mol. The minimum Gasteiger partial charge on any atom is -0.384 e. The fraction of sp³-hybridized carbons (Fsp3) is 0.167. The van der Waals surface area contributed by atoms with E-state index in [2.05, 4.69) is 96.4 Å². The highest BCUT2D eigenvalue weighted by Gasteiger charge is 2.25. The lowest BCUT2D eigenvalue weighted by atomic mass is 9.92. The second-order valence-electron chi connectivity index (χ2n) is 9.27. The van der Waals surface area contributed by atoms with Crippen molar-refractivity contribution in [2.75, 3.05) is 0 Å². The third kappa shape index (κ3) is 2.96. The molecule has 6 rings (SSSR count). The topological polar surface area (TPSA) is 38.0 Å². The van der Waals surface area contributed by atoms with Crippen LogP contribution >= 0.6 is 0 Å². The molecule has 0 saturated carbocycles. The highest BCUT2D eigenvalue weighted by Crippen LogP contribution is 2.42. The number of nitrogens with zero attached hydrogens (tertiary/aromatic N) is 2. The zero-order chi connectivity index (χ0) is 22.7. The van der Waals surface area contributed by atoms with Crippen LogP contribution in [0, 0.1) is 0 Å². The Morgan fingerprint density at radius 2 is 1.33 bits per heavy atom. The number of rotatable bonds is 3. The van der Waals surface area contributed by atoms with Gasteiger partial charge in [0, 0.05) is 28.4 Å². The number of benzene rings is 4. The highest BCUT2D eigenvalue weighted by molar-refractivity contribution is 6.19. The molecule has 3 heteroatoms. The molecule has 6 aromatic rings. The minimum absolute atomic E-state index is 0.682. The zero-order valence-corrected chi connectivity index (χ0v) is 19.1. The van der Waals surface area contributed by atoms with Gasteiger partial charge in [-0.15, -0.1) is 0 Å². The molecule has 2 aromatic heterocycles. The van der Waals surface area contributed by atoms with Gasteiger partial charge in [0.15, 0.2) is 0 Å². The number of pyridine rings is 1. The molecule has 0 radical (unpaired) electrons. The number of aliphatic hydroxyl groups is 1. The Kier molecular flexibility index (Phi) is 4.33. The van der Waals surface area contributed by atoms with Crippen molar-refractivity contribution in [2.24, 2.45) is 0 Å². The lowest BCUT2D eigenvalue weighted by Gasteiger charge is -2.20. The van der Waals surface area contributed by atoms with Gasteiger partial charge >= 0.3 is 0 Å². The van der Waals surface area contributed by atoms with Crippen molar-refractivity contribution in [3.63, 3.8) is 0 Å². The fourth-order valence-electron chi connectivity index (χ4n) is 5.16. The zero-order valence-electron chi connectivity index (χ0n) is 19.1.